The molecule has 116 valence electrons. The highest BCUT2D eigenvalue weighted by molar-refractivity contribution is 4.82. The zero-order valence-corrected chi connectivity index (χ0v) is 14.5. The first kappa shape index (κ1) is 18.9. The average molecular weight is 273 g/mol. The van der Waals surface area contributed by atoms with Crippen molar-refractivity contribution in [2.45, 2.75) is 92.1 Å². The summed E-state index contributed by atoms with van der Waals surface area (Å²) in [5, 5.41) is 0. The minimum absolute atomic E-state index is 0.139. The van der Waals surface area contributed by atoms with Crippen LogP contribution in [0.4, 0.5) is 0 Å². The Balaban J connectivity index is 4.35. The first-order valence-corrected chi connectivity index (χ1v) is 7.25. The van der Waals surface area contributed by atoms with Crippen molar-refractivity contribution in [3.8, 4) is 0 Å². The van der Waals surface area contributed by atoms with Crippen molar-refractivity contribution in [1.29, 1.82) is 0 Å². The minimum Gasteiger partial charge on any atom is -0.370 e. The predicted molar refractivity (Wildman–Crippen MR) is 82.2 cm³/mol. The first-order valence-electron chi connectivity index (χ1n) is 7.25. The molecule has 0 spiro atoms. The fourth-order valence-electron chi connectivity index (χ4n) is 2.67. The molecule has 0 aromatic rings. The second-order valence-electron chi connectivity index (χ2n) is 8.56. The molecule has 0 saturated heterocycles. The van der Waals surface area contributed by atoms with Gasteiger partial charge in [-0.3, -0.25) is 0 Å². The summed E-state index contributed by atoms with van der Waals surface area (Å²) in [6, 6.07) is 0. The Kier molecular flexibility index (Phi) is 6.07. The zero-order valence-electron chi connectivity index (χ0n) is 14.5. The molecule has 2 N–H and O–H groups in total. The molecule has 0 saturated carbocycles. The van der Waals surface area contributed by atoms with Gasteiger partial charge in [-0.15, -0.1) is 0 Å². The topological polar surface area (TPSA) is 44.5 Å². The van der Waals surface area contributed by atoms with Crippen LogP contribution in [0.3, 0.4) is 0 Å². The number of hydrogen-bond acceptors (Lipinski definition) is 3. The molecule has 3 heteroatoms. The second kappa shape index (κ2) is 6.11. The Hall–Kier alpha value is -0.120. The molecule has 0 aromatic heterocycles. The standard InChI is InChI=1S/C16H35NO2/c1-13(2,3)12-15(6,7)19-14(4,5)10-11-18-16(8,9)17/h10-12,17H2,1-9H3. The molecule has 0 aliphatic heterocycles. The van der Waals surface area contributed by atoms with Gasteiger partial charge in [0.2, 0.25) is 0 Å². The van der Waals surface area contributed by atoms with Crippen LogP contribution in [0, 0.1) is 5.41 Å². The summed E-state index contributed by atoms with van der Waals surface area (Å²) in [6.45, 7) is 19.6. The van der Waals surface area contributed by atoms with Gasteiger partial charge in [-0.05, 0) is 59.8 Å². The molecule has 0 atom stereocenters. The SMILES string of the molecule is CC(C)(C)CC(C)(C)OC(C)(C)CCOC(C)(C)N. The van der Waals surface area contributed by atoms with Gasteiger partial charge in [-0.25, -0.2) is 0 Å². The van der Waals surface area contributed by atoms with E-state index in [2.05, 4.69) is 48.5 Å². The molecule has 0 aromatic carbocycles. The third-order valence-corrected chi connectivity index (χ3v) is 2.69. The second-order valence-corrected chi connectivity index (χ2v) is 8.56. The van der Waals surface area contributed by atoms with Gasteiger partial charge >= 0.3 is 0 Å². The van der Waals surface area contributed by atoms with Gasteiger partial charge in [0.15, 0.2) is 0 Å². The lowest BCUT2D eigenvalue weighted by Gasteiger charge is -2.40. The lowest BCUT2D eigenvalue weighted by molar-refractivity contribution is -0.150. The maximum absolute atomic E-state index is 6.30. The van der Waals surface area contributed by atoms with Gasteiger partial charge in [-0.1, -0.05) is 20.8 Å². The lowest BCUT2D eigenvalue weighted by Crippen LogP contribution is -2.41. The highest BCUT2D eigenvalue weighted by atomic mass is 16.5. The Labute approximate surface area is 120 Å². The van der Waals surface area contributed by atoms with Crippen LogP contribution in [0.5, 0.6) is 0 Å². The molecule has 0 heterocycles. The lowest BCUT2D eigenvalue weighted by atomic mass is 9.83. The van der Waals surface area contributed by atoms with E-state index in [4.69, 9.17) is 15.2 Å². The number of nitrogens with two attached hydrogens (primary N) is 1. The van der Waals surface area contributed by atoms with Gasteiger partial charge in [0, 0.05) is 0 Å². The van der Waals surface area contributed by atoms with Gasteiger partial charge in [0.05, 0.1) is 17.8 Å². The third-order valence-electron chi connectivity index (χ3n) is 2.69. The van der Waals surface area contributed by atoms with E-state index in [-0.39, 0.29) is 16.6 Å². The highest BCUT2D eigenvalue weighted by Gasteiger charge is 2.32. The smallest absolute Gasteiger partial charge is 0.111 e. The highest BCUT2D eigenvalue weighted by Crippen LogP contribution is 2.33. The van der Waals surface area contributed by atoms with Crippen LogP contribution in [-0.4, -0.2) is 23.5 Å². The first-order chi connectivity index (χ1) is 8.12. The molecule has 0 unspecified atom stereocenters. The van der Waals surface area contributed by atoms with E-state index >= 15 is 0 Å². The van der Waals surface area contributed by atoms with E-state index in [1.165, 1.54) is 0 Å². The summed E-state index contributed by atoms with van der Waals surface area (Å²) in [5.74, 6) is 0. The molecule has 0 radical (unpaired) electrons. The van der Waals surface area contributed by atoms with E-state index < -0.39 is 5.72 Å². The fourth-order valence-corrected chi connectivity index (χ4v) is 2.67. The van der Waals surface area contributed by atoms with Gasteiger partial charge in [0.1, 0.15) is 5.72 Å². The van der Waals surface area contributed by atoms with Crippen molar-refractivity contribution in [1.82, 2.24) is 0 Å². The molecular weight excluding hydrogens is 238 g/mol. The molecular formula is C16H35NO2. The normalized spacial score (nSPS) is 14.8. The molecule has 0 amide bonds. The molecule has 0 fully saturated rings. The Morgan fingerprint density at radius 1 is 0.789 bits per heavy atom. The molecule has 19 heavy (non-hydrogen) atoms. The zero-order chi connectivity index (χ0) is 15.5. The van der Waals surface area contributed by atoms with Gasteiger partial charge in [0.25, 0.3) is 0 Å². The summed E-state index contributed by atoms with van der Waals surface area (Å²) < 4.78 is 11.9. The quantitative estimate of drug-likeness (QED) is 0.710. The van der Waals surface area contributed by atoms with E-state index in [0.717, 1.165) is 12.8 Å². The number of hydrogen-bond donors (Lipinski definition) is 1. The third kappa shape index (κ3) is 11.4. The summed E-state index contributed by atoms with van der Waals surface area (Å²) >= 11 is 0. The molecule has 0 aliphatic carbocycles. The van der Waals surface area contributed by atoms with Crippen molar-refractivity contribution in [3.63, 3.8) is 0 Å². The molecule has 0 rings (SSSR count). The van der Waals surface area contributed by atoms with Crippen molar-refractivity contribution in [3.05, 3.63) is 0 Å². The summed E-state index contributed by atoms with van der Waals surface area (Å²) in [7, 11) is 0. The van der Waals surface area contributed by atoms with Crippen LogP contribution < -0.4 is 5.73 Å². The molecule has 0 bridgehead atoms. The van der Waals surface area contributed by atoms with Crippen LogP contribution in [0.25, 0.3) is 0 Å². The van der Waals surface area contributed by atoms with Crippen LogP contribution >= 0.6 is 0 Å². The minimum atomic E-state index is -0.572. The van der Waals surface area contributed by atoms with Crippen LogP contribution in [-0.2, 0) is 9.47 Å². The number of rotatable bonds is 7. The van der Waals surface area contributed by atoms with E-state index in [0.29, 0.717) is 6.61 Å². The van der Waals surface area contributed by atoms with E-state index in [9.17, 15) is 0 Å². The van der Waals surface area contributed by atoms with Gasteiger partial charge in [-0.2, -0.15) is 0 Å². The number of ether oxygens (including phenoxy) is 2. The Bertz CT molecular complexity index is 269. The van der Waals surface area contributed by atoms with Crippen LogP contribution in [0.1, 0.15) is 75.2 Å². The van der Waals surface area contributed by atoms with E-state index in [1.807, 2.05) is 13.8 Å². The van der Waals surface area contributed by atoms with Crippen LogP contribution in [0.2, 0.25) is 0 Å². The van der Waals surface area contributed by atoms with Crippen molar-refractivity contribution in [2.75, 3.05) is 6.61 Å². The van der Waals surface area contributed by atoms with Crippen molar-refractivity contribution >= 4 is 0 Å². The Morgan fingerprint density at radius 2 is 1.26 bits per heavy atom. The average Bonchev–Trinajstić information content (AvgIpc) is 1.90. The van der Waals surface area contributed by atoms with Crippen molar-refractivity contribution in [2.24, 2.45) is 11.1 Å². The summed E-state index contributed by atoms with van der Waals surface area (Å²) in [4.78, 5) is 0. The van der Waals surface area contributed by atoms with Crippen LogP contribution in [0.15, 0.2) is 0 Å². The summed E-state index contributed by atoms with van der Waals surface area (Å²) in [6.07, 6.45) is 1.86. The Morgan fingerprint density at radius 3 is 1.63 bits per heavy atom. The van der Waals surface area contributed by atoms with Gasteiger partial charge < -0.3 is 15.2 Å². The largest absolute Gasteiger partial charge is 0.370 e. The van der Waals surface area contributed by atoms with Crippen molar-refractivity contribution < 1.29 is 9.47 Å². The molecule has 0 aliphatic rings. The monoisotopic (exact) mass is 273 g/mol. The molecule has 3 nitrogen and oxygen atoms in total. The predicted octanol–water partition coefficient (Wildman–Crippen LogP) is 4.10. The summed E-state index contributed by atoms with van der Waals surface area (Å²) in [5.41, 5.74) is 5.15. The maximum Gasteiger partial charge on any atom is 0.111 e. The van der Waals surface area contributed by atoms with E-state index in [1.54, 1.807) is 0 Å². The maximum atomic E-state index is 6.30. The fraction of sp³-hybridized carbons (Fsp3) is 1.00.